The van der Waals surface area contributed by atoms with E-state index in [9.17, 15) is 8.78 Å². The first-order valence-corrected chi connectivity index (χ1v) is 7.81. The van der Waals surface area contributed by atoms with Crippen LogP contribution >= 0.6 is 0 Å². The molecular weight excluding hydrogens is 256 g/mol. The molecule has 2 aliphatic heterocycles. The number of alkyl halides is 2. The molecule has 1 saturated carbocycles. The van der Waals surface area contributed by atoms with Crippen LogP contribution in [0.15, 0.2) is 30.3 Å². The lowest BCUT2D eigenvalue weighted by Gasteiger charge is -2.49. The molecule has 0 radical (unpaired) electrons. The van der Waals surface area contributed by atoms with Crippen molar-refractivity contribution in [3.05, 3.63) is 35.9 Å². The van der Waals surface area contributed by atoms with Crippen molar-refractivity contribution in [2.75, 3.05) is 13.1 Å². The van der Waals surface area contributed by atoms with E-state index in [0.717, 1.165) is 24.9 Å². The number of unbranched alkanes of at least 4 members (excludes halogenated alkanes) is 3. The Morgan fingerprint density at radius 3 is 2.55 bits per heavy atom. The second-order valence-corrected chi connectivity index (χ2v) is 6.26. The first-order chi connectivity index (χ1) is 9.63. The van der Waals surface area contributed by atoms with Crippen molar-refractivity contribution in [1.82, 2.24) is 4.90 Å². The van der Waals surface area contributed by atoms with E-state index in [0.29, 0.717) is 13.0 Å². The van der Waals surface area contributed by atoms with Crippen LogP contribution in [0.2, 0.25) is 0 Å². The lowest BCUT2D eigenvalue weighted by atomic mass is 9.65. The Balaban J connectivity index is 1.78. The predicted octanol–water partition coefficient (Wildman–Crippen LogP) is 4.43. The summed E-state index contributed by atoms with van der Waals surface area (Å²) in [7, 11) is 0. The molecule has 2 bridgehead atoms. The minimum atomic E-state index is -2.56. The molecule has 1 aromatic rings. The summed E-state index contributed by atoms with van der Waals surface area (Å²) in [5.41, 5.74) is -0.209. The molecule has 0 aromatic heterocycles. The zero-order chi connectivity index (χ0) is 14.2. The molecule has 2 saturated heterocycles. The number of rotatable bonds is 6. The van der Waals surface area contributed by atoms with Crippen molar-refractivity contribution in [2.24, 2.45) is 5.92 Å². The topological polar surface area (TPSA) is 3.24 Å². The molecule has 3 aliphatic rings. The predicted molar refractivity (Wildman–Crippen MR) is 76.9 cm³/mol. The molecule has 3 fully saturated rings. The van der Waals surface area contributed by atoms with Gasteiger partial charge in [0.15, 0.2) is 0 Å². The first kappa shape index (κ1) is 14.0. The van der Waals surface area contributed by atoms with Gasteiger partial charge in [-0.2, -0.15) is 0 Å². The van der Waals surface area contributed by atoms with Gasteiger partial charge in [0.2, 0.25) is 0 Å². The zero-order valence-electron chi connectivity index (χ0n) is 12.1. The number of benzene rings is 1. The van der Waals surface area contributed by atoms with Gasteiger partial charge in [0, 0.05) is 12.5 Å². The maximum Gasteiger partial charge on any atom is 0.274 e. The van der Waals surface area contributed by atoms with Crippen LogP contribution in [0.4, 0.5) is 8.78 Å². The lowest BCUT2D eigenvalue weighted by Crippen LogP contribution is -2.60. The first-order valence-electron chi connectivity index (χ1n) is 7.81. The highest BCUT2D eigenvalue weighted by Gasteiger charge is 2.76. The third-order valence-electron chi connectivity index (χ3n) is 5.12. The monoisotopic (exact) mass is 279 g/mol. The molecule has 0 unspecified atom stereocenters. The molecule has 1 aromatic carbocycles. The number of nitrogens with zero attached hydrogens (tertiary/aromatic N) is 1. The van der Waals surface area contributed by atoms with E-state index >= 15 is 0 Å². The SMILES string of the molecule is CCCCCCN1C[C@@H]2C[C@@]1(c1ccccc1)C2(F)F. The Morgan fingerprint density at radius 1 is 1.15 bits per heavy atom. The minimum absolute atomic E-state index is 0.436. The van der Waals surface area contributed by atoms with Crippen LogP contribution in [-0.4, -0.2) is 23.9 Å². The van der Waals surface area contributed by atoms with Gasteiger partial charge in [0.05, 0.1) is 0 Å². The van der Waals surface area contributed by atoms with Gasteiger partial charge in [0.1, 0.15) is 5.54 Å². The van der Waals surface area contributed by atoms with Crippen LogP contribution in [0.25, 0.3) is 0 Å². The zero-order valence-corrected chi connectivity index (χ0v) is 12.1. The van der Waals surface area contributed by atoms with Crippen LogP contribution in [0.5, 0.6) is 0 Å². The number of fused-ring (bicyclic) bond motifs is 1. The van der Waals surface area contributed by atoms with Crippen molar-refractivity contribution >= 4 is 0 Å². The van der Waals surface area contributed by atoms with Gasteiger partial charge in [-0.15, -0.1) is 0 Å². The Labute approximate surface area is 120 Å². The van der Waals surface area contributed by atoms with Crippen molar-refractivity contribution in [3.8, 4) is 0 Å². The van der Waals surface area contributed by atoms with Crippen molar-refractivity contribution < 1.29 is 8.78 Å². The van der Waals surface area contributed by atoms with Gasteiger partial charge < -0.3 is 0 Å². The highest BCUT2D eigenvalue weighted by atomic mass is 19.3. The normalized spacial score (nSPS) is 31.2. The molecule has 0 N–H and O–H groups in total. The molecular formula is C17H23F2N. The maximum atomic E-state index is 14.5. The van der Waals surface area contributed by atoms with Gasteiger partial charge in [-0.3, -0.25) is 4.90 Å². The molecule has 2 atom stereocenters. The van der Waals surface area contributed by atoms with Crippen LogP contribution in [0.3, 0.4) is 0 Å². The van der Waals surface area contributed by atoms with E-state index in [1.165, 1.54) is 12.8 Å². The minimum Gasteiger partial charge on any atom is -0.288 e. The summed E-state index contributed by atoms with van der Waals surface area (Å²) >= 11 is 0. The molecule has 1 nitrogen and oxygen atoms in total. The fraction of sp³-hybridized carbons (Fsp3) is 0.647. The second-order valence-electron chi connectivity index (χ2n) is 6.26. The third kappa shape index (κ3) is 1.82. The van der Waals surface area contributed by atoms with Gasteiger partial charge in [0.25, 0.3) is 5.92 Å². The summed E-state index contributed by atoms with van der Waals surface area (Å²) in [6, 6.07) is 9.39. The van der Waals surface area contributed by atoms with Crippen LogP contribution in [-0.2, 0) is 5.54 Å². The van der Waals surface area contributed by atoms with E-state index in [2.05, 4.69) is 11.8 Å². The van der Waals surface area contributed by atoms with E-state index in [4.69, 9.17) is 0 Å². The number of hydrogen-bond acceptors (Lipinski definition) is 1. The molecule has 1 aliphatic carbocycles. The summed E-state index contributed by atoms with van der Waals surface area (Å²) in [5, 5.41) is 0. The average Bonchev–Trinajstić information content (AvgIpc) is 2.96. The summed E-state index contributed by atoms with van der Waals surface area (Å²) in [6.45, 7) is 3.54. The van der Waals surface area contributed by atoms with Gasteiger partial charge in [-0.1, -0.05) is 56.5 Å². The van der Waals surface area contributed by atoms with Gasteiger partial charge >= 0.3 is 0 Å². The van der Waals surface area contributed by atoms with E-state index < -0.39 is 17.4 Å². The number of hydrogen-bond donors (Lipinski definition) is 0. The molecule has 110 valence electrons. The Bertz CT molecular complexity index is 459. The highest BCUT2D eigenvalue weighted by molar-refractivity contribution is 5.36. The lowest BCUT2D eigenvalue weighted by molar-refractivity contribution is -0.195. The van der Waals surface area contributed by atoms with Gasteiger partial charge in [-0.05, 0) is 24.9 Å². The molecule has 2 heterocycles. The van der Waals surface area contributed by atoms with E-state index in [1.54, 1.807) is 0 Å². The fourth-order valence-corrected chi connectivity index (χ4v) is 3.99. The third-order valence-corrected chi connectivity index (χ3v) is 5.12. The highest BCUT2D eigenvalue weighted by Crippen LogP contribution is 2.66. The summed E-state index contributed by atoms with van der Waals surface area (Å²) in [6.07, 6.45) is 5.19. The average molecular weight is 279 g/mol. The Hall–Kier alpha value is -0.960. The molecule has 3 heteroatoms. The van der Waals surface area contributed by atoms with E-state index in [-0.39, 0.29) is 0 Å². The molecule has 4 rings (SSSR count). The van der Waals surface area contributed by atoms with Crippen LogP contribution in [0, 0.1) is 5.92 Å². The fourth-order valence-electron chi connectivity index (χ4n) is 3.99. The van der Waals surface area contributed by atoms with Crippen LogP contribution < -0.4 is 0 Å². The van der Waals surface area contributed by atoms with Crippen molar-refractivity contribution in [2.45, 2.75) is 50.5 Å². The number of halogens is 2. The van der Waals surface area contributed by atoms with Gasteiger partial charge in [-0.25, -0.2) is 8.78 Å². The maximum absolute atomic E-state index is 14.5. The quantitative estimate of drug-likeness (QED) is 0.696. The molecule has 0 spiro atoms. The standard InChI is InChI=1S/C17H23F2N/c1-2-3-4-8-11-20-13-15-12-16(20,17(15,18)19)14-9-6-5-7-10-14/h5-7,9-10,15H,2-4,8,11-13H2,1H3/t15-,16+/m0/s1. The van der Waals surface area contributed by atoms with Crippen molar-refractivity contribution in [1.29, 1.82) is 0 Å². The largest absolute Gasteiger partial charge is 0.288 e. The van der Waals surface area contributed by atoms with E-state index in [1.807, 2.05) is 30.3 Å². The summed E-state index contributed by atoms with van der Waals surface area (Å²) < 4.78 is 29.0. The Kier molecular flexibility index (Phi) is 3.57. The molecule has 20 heavy (non-hydrogen) atoms. The second kappa shape index (κ2) is 5.10. The smallest absolute Gasteiger partial charge is 0.274 e. The summed E-state index contributed by atoms with van der Waals surface area (Å²) in [4.78, 5) is 2.06. The Morgan fingerprint density at radius 2 is 1.90 bits per heavy atom. The summed E-state index contributed by atoms with van der Waals surface area (Å²) in [5.74, 6) is -2.99. The van der Waals surface area contributed by atoms with Crippen LogP contribution in [0.1, 0.15) is 44.6 Å². The van der Waals surface area contributed by atoms with Crippen molar-refractivity contribution in [3.63, 3.8) is 0 Å². The molecule has 0 amide bonds.